The zero-order valence-corrected chi connectivity index (χ0v) is 22.5. The van der Waals surface area contributed by atoms with Gasteiger partial charge in [-0.3, -0.25) is 14.5 Å². The number of aliphatic imine (C=N–C) groups is 1. The van der Waals surface area contributed by atoms with Crippen molar-refractivity contribution < 1.29 is 22.8 Å². The van der Waals surface area contributed by atoms with Gasteiger partial charge in [0.15, 0.2) is 0 Å². The predicted octanol–water partition coefficient (Wildman–Crippen LogP) is 5.38. The number of amides is 2. The molecular weight excluding hydrogens is 501 g/mol. The number of para-hydroxylation sites is 1. The van der Waals surface area contributed by atoms with Gasteiger partial charge in [0.05, 0.1) is 11.5 Å². The predicted molar refractivity (Wildman–Crippen MR) is 142 cm³/mol. The van der Waals surface area contributed by atoms with E-state index in [0.29, 0.717) is 29.9 Å². The summed E-state index contributed by atoms with van der Waals surface area (Å²) >= 11 is 1.46. The molecule has 1 saturated heterocycles. The van der Waals surface area contributed by atoms with Crippen LogP contribution >= 0.6 is 11.8 Å². The number of benzene rings is 1. The number of carbonyl (C=O) groups is 2. The van der Waals surface area contributed by atoms with Gasteiger partial charge in [-0.25, -0.2) is 4.99 Å². The summed E-state index contributed by atoms with van der Waals surface area (Å²) in [4.78, 5) is 32.3. The molecule has 1 aromatic carbocycles. The van der Waals surface area contributed by atoms with Crippen LogP contribution in [-0.2, 0) is 4.79 Å². The molecule has 200 valence electrons. The molecule has 1 aromatic heterocycles. The van der Waals surface area contributed by atoms with E-state index < -0.39 is 18.1 Å². The van der Waals surface area contributed by atoms with Crippen molar-refractivity contribution in [2.24, 2.45) is 16.8 Å². The molecule has 6 nitrogen and oxygen atoms in total. The number of nitrogens with one attached hydrogen (secondary N) is 1. The average molecular weight is 535 g/mol. The van der Waals surface area contributed by atoms with Crippen LogP contribution in [0.4, 0.5) is 13.2 Å². The number of hydrogen-bond acceptors (Lipinski definition) is 4. The van der Waals surface area contributed by atoms with Crippen LogP contribution in [0.15, 0.2) is 40.2 Å². The molecule has 10 heteroatoms. The van der Waals surface area contributed by atoms with Gasteiger partial charge >= 0.3 is 6.18 Å². The van der Waals surface area contributed by atoms with Crippen molar-refractivity contribution >= 4 is 40.2 Å². The van der Waals surface area contributed by atoms with Gasteiger partial charge in [-0.15, -0.1) is 11.8 Å². The molecule has 2 aliphatic rings. The van der Waals surface area contributed by atoms with Gasteiger partial charge in [0.2, 0.25) is 0 Å². The number of halogens is 3. The lowest BCUT2D eigenvalue weighted by molar-refractivity contribution is -0.192. The smallest absolute Gasteiger partial charge is 0.351 e. The standard InChI is InChI=1S/C27H33F3N4O2S/c1-15-12-22(37-5)20(25(35)32-15)14-31-26(36)24-17(3)34(21-9-7-6-8-19(21)24)16(2)18-10-11-33(4)23(13-18)27(28,29)30/h6-9,12,16,18,20,23H,10-11,13-14H2,1-5H3,(H,31,36)/t16-,18+,20?,23+/m1/s1. The number of aromatic nitrogens is 1. The molecular formula is C27H33F3N4O2S. The van der Waals surface area contributed by atoms with Crippen LogP contribution in [-0.4, -0.2) is 65.6 Å². The molecule has 1 unspecified atom stereocenters. The van der Waals surface area contributed by atoms with Crippen LogP contribution in [0.5, 0.6) is 0 Å². The van der Waals surface area contributed by atoms with Gasteiger partial charge in [0.25, 0.3) is 11.8 Å². The molecule has 0 bridgehead atoms. The number of likely N-dealkylation sites (tertiary alicyclic amines) is 1. The minimum absolute atomic E-state index is 0.0160. The first-order valence-corrected chi connectivity index (χ1v) is 13.7. The number of fused-ring (bicyclic) bond motifs is 1. The number of allylic oxidation sites excluding steroid dienone is 1. The number of rotatable bonds is 6. The summed E-state index contributed by atoms with van der Waals surface area (Å²) in [5.41, 5.74) is 2.66. The van der Waals surface area contributed by atoms with E-state index >= 15 is 0 Å². The van der Waals surface area contributed by atoms with Crippen LogP contribution in [0.1, 0.15) is 48.8 Å². The van der Waals surface area contributed by atoms with Gasteiger partial charge in [0.1, 0.15) is 6.04 Å². The van der Waals surface area contributed by atoms with Crippen molar-refractivity contribution in [3.05, 3.63) is 46.5 Å². The van der Waals surface area contributed by atoms with Crippen molar-refractivity contribution in [3.63, 3.8) is 0 Å². The second kappa shape index (κ2) is 10.6. The molecule has 37 heavy (non-hydrogen) atoms. The Morgan fingerprint density at radius 2 is 1.97 bits per heavy atom. The van der Waals surface area contributed by atoms with Crippen LogP contribution in [0.3, 0.4) is 0 Å². The van der Waals surface area contributed by atoms with E-state index in [1.165, 1.54) is 23.7 Å². The maximum absolute atomic E-state index is 13.7. The van der Waals surface area contributed by atoms with Crippen LogP contribution in [0.25, 0.3) is 10.9 Å². The van der Waals surface area contributed by atoms with E-state index in [1.54, 1.807) is 6.92 Å². The summed E-state index contributed by atoms with van der Waals surface area (Å²) in [6.45, 7) is 6.05. The quantitative estimate of drug-likeness (QED) is 0.541. The molecule has 0 spiro atoms. The Labute approximate surface area is 219 Å². The number of carbonyl (C=O) groups excluding carboxylic acids is 2. The van der Waals surface area contributed by atoms with E-state index in [4.69, 9.17) is 0 Å². The van der Waals surface area contributed by atoms with Crippen LogP contribution < -0.4 is 5.32 Å². The third-order valence-electron chi connectivity index (χ3n) is 7.74. The average Bonchev–Trinajstić information content (AvgIpc) is 3.13. The SMILES string of the molecule is CSC1=CC(C)=NC(=O)C1CNC(=O)c1c(C)n([C@H](C)[C@H]2CCN(C)[C@H](C(F)(F)F)C2)c2ccccc12. The lowest BCUT2D eigenvalue weighted by Gasteiger charge is -2.40. The van der Waals surface area contributed by atoms with Gasteiger partial charge in [-0.05, 0) is 71.5 Å². The molecule has 0 aliphatic carbocycles. The summed E-state index contributed by atoms with van der Waals surface area (Å²) in [6.07, 6.45) is 0.123. The van der Waals surface area contributed by atoms with Gasteiger partial charge in [0, 0.05) is 39.8 Å². The van der Waals surface area contributed by atoms with Crippen molar-refractivity contribution in [1.29, 1.82) is 0 Å². The zero-order valence-electron chi connectivity index (χ0n) is 21.7. The highest BCUT2D eigenvalue weighted by atomic mass is 32.2. The third-order valence-corrected chi connectivity index (χ3v) is 8.62. The Kier molecular flexibility index (Phi) is 7.90. The van der Waals surface area contributed by atoms with Gasteiger partial charge in [-0.1, -0.05) is 18.2 Å². The molecule has 0 saturated carbocycles. The molecule has 2 amide bonds. The first-order valence-electron chi connectivity index (χ1n) is 12.4. The van der Waals surface area contributed by atoms with E-state index in [0.717, 1.165) is 15.8 Å². The molecule has 2 aromatic rings. The summed E-state index contributed by atoms with van der Waals surface area (Å²) in [5.74, 6) is -1.31. The molecule has 3 heterocycles. The molecule has 1 fully saturated rings. The van der Waals surface area contributed by atoms with Crippen LogP contribution in [0.2, 0.25) is 0 Å². The second-order valence-electron chi connectivity index (χ2n) is 10.0. The lowest BCUT2D eigenvalue weighted by atomic mass is 9.85. The van der Waals surface area contributed by atoms with Crippen LogP contribution in [0, 0.1) is 18.8 Å². The normalized spacial score (nSPS) is 24.1. The first kappa shape index (κ1) is 27.4. The number of thioether (sulfide) groups is 1. The number of alkyl halides is 3. The third kappa shape index (κ3) is 5.36. The van der Waals surface area contributed by atoms with E-state index in [2.05, 4.69) is 10.3 Å². The highest BCUT2D eigenvalue weighted by Gasteiger charge is 2.46. The molecule has 0 radical (unpaired) electrons. The van der Waals surface area contributed by atoms with Crippen molar-refractivity contribution in [2.75, 3.05) is 26.4 Å². The molecule has 1 N–H and O–H groups in total. The Morgan fingerprint density at radius 1 is 1.27 bits per heavy atom. The fourth-order valence-corrected chi connectivity index (χ4v) is 6.49. The summed E-state index contributed by atoms with van der Waals surface area (Å²) in [7, 11) is 1.53. The van der Waals surface area contributed by atoms with Gasteiger partial charge < -0.3 is 9.88 Å². The maximum atomic E-state index is 13.7. The summed E-state index contributed by atoms with van der Waals surface area (Å²) in [6, 6.07) is 5.78. The maximum Gasteiger partial charge on any atom is 0.404 e. The first-order chi connectivity index (χ1) is 17.4. The number of hydrogen-bond donors (Lipinski definition) is 1. The van der Waals surface area contributed by atoms with E-state index in [9.17, 15) is 22.8 Å². The fraction of sp³-hybridized carbons (Fsp3) is 0.519. The Balaban J connectivity index is 1.62. The topological polar surface area (TPSA) is 66.7 Å². The number of nitrogens with zero attached hydrogens (tertiary/aromatic N) is 3. The van der Waals surface area contributed by atoms with Crippen molar-refractivity contribution in [2.45, 2.75) is 51.9 Å². The number of dihydropyridines is 1. The monoisotopic (exact) mass is 534 g/mol. The van der Waals surface area contributed by atoms with Crippen molar-refractivity contribution in [3.8, 4) is 0 Å². The Morgan fingerprint density at radius 3 is 2.65 bits per heavy atom. The molecule has 4 rings (SSSR count). The van der Waals surface area contributed by atoms with Crippen molar-refractivity contribution in [1.82, 2.24) is 14.8 Å². The number of piperidine rings is 1. The highest BCUT2D eigenvalue weighted by Crippen LogP contribution is 2.40. The molecule has 4 atom stereocenters. The summed E-state index contributed by atoms with van der Waals surface area (Å²) in [5, 5.41) is 3.67. The molecule has 2 aliphatic heterocycles. The minimum atomic E-state index is -4.28. The summed E-state index contributed by atoms with van der Waals surface area (Å²) < 4.78 is 43.0. The fourth-order valence-electron chi connectivity index (χ4n) is 5.73. The largest absolute Gasteiger partial charge is 0.404 e. The second-order valence-corrected chi connectivity index (χ2v) is 10.9. The minimum Gasteiger partial charge on any atom is -0.351 e. The van der Waals surface area contributed by atoms with E-state index in [-0.39, 0.29) is 36.7 Å². The zero-order chi connectivity index (χ0) is 27.1. The highest BCUT2D eigenvalue weighted by molar-refractivity contribution is 8.02. The Bertz CT molecular complexity index is 1270. The lowest BCUT2D eigenvalue weighted by Crippen LogP contribution is -2.49. The van der Waals surface area contributed by atoms with Gasteiger partial charge in [-0.2, -0.15) is 13.2 Å². The Hall–Kier alpha value is -2.59. The van der Waals surface area contributed by atoms with E-state index in [1.807, 2.05) is 55.0 Å².